The summed E-state index contributed by atoms with van der Waals surface area (Å²) < 4.78 is 5.60. The molecule has 0 spiro atoms. The standard InChI is InChI=1S/C17H19NO2/c18-11-12-3-5-13(6-4-12)17(19)15-7-8-16-14(10-15)2-1-9-20-16/h3-8,10,17,19H,1-2,9,11,18H2. The average molecular weight is 269 g/mol. The Bertz CT molecular complexity index is 592. The van der Waals surface area contributed by atoms with Crippen LogP contribution in [-0.4, -0.2) is 11.7 Å². The number of aliphatic hydroxyl groups is 1. The van der Waals surface area contributed by atoms with Crippen LogP contribution in [0.25, 0.3) is 0 Å². The molecule has 104 valence electrons. The molecule has 0 saturated heterocycles. The van der Waals surface area contributed by atoms with Crippen LogP contribution in [0, 0.1) is 0 Å². The number of fused-ring (bicyclic) bond motifs is 1. The number of hydrogen-bond acceptors (Lipinski definition) is 3. The van der Waals surface area contributed by atoms with Crippen molar-refractivity contribution in [2.75, 3.05) is 6.61 Å². The highest BCUT2D eigenvalue weighted by Gasteiger charge is 2.15. The van der Waals surface area contributed by atoms with Gasteiger partial charge in [-0.3, -0.25) is 0 Å². The zero-order valence-electron chi connectivity index (χ0n) is 11.4. The van der Waals surface area contributed by atoms with Crippen LogP contribution in [0.2, 0.25) is 0 Å². The van der Waals surface area contributed by atoms with Gasteiger partial charge in [0.1, 0.15) is 11.9 Å². The maximum atomic E-state index is 10.5. The fourth-order valence-corrected chi connectivity index (χ4v) is 2.58. The highest BCUT2D eigenvalue weighted by atomic mass is 16.5. The third-order valence-electron chi connectivity index (χ3n) is 3.78. The average Bonchev–Trinajstić information content (AvgIpc) is 2.54. The predicted octanol–water partition coefficient (Wildman–Crippen LogP) is 2.55. The van der Waals surface area contributed by atoms with Gasteiger partial charge in [0.05, 0.1) is 6.61 Å². The highest BCUT2D eigenvalue weighted by Crippen LogP contribution is 2.30. The van der Waals surface area contributed by atoms with Crippen molar-refractivity contribution >= 4 is 0 Å². The summed E-state index contributed by atoms with van der Waals surface area (Å²) in [5, 5.41) is 10.5. The van der Waals surface area contributed by atoms with Gasteiger partial charge in [-0.1, -0.05) is 30.3 Å². The number of ether oxygens (including phenoxy) is 1. The van der Waals surface area contributed by atoms with E-state index in [0.717, 1.165) is 41.9 Å². The number of hydrogen-bond donors (Lipinski definition) is 2. The molecule has 20 heavy (non-hydrogen) atoms. The first kappa shape index (κ1) is 13.2. The fraction of sp³-hybridized carbons (Fsp3) is 0.294. The van der Waals surface area contributed by atoms with E-state index in [1.165, 1.54) is 5.56 Å². The first-order valence-electron chi connectivity index (χ1n) is 7.00. The predicted molar refractivity (Wildman–Crippen MR) is 78.7 cm³/mol. The summed E-state index contributed by atoms with van der Waals surface area (Å²) in [6.45, 7) is 1.31. The zero-order valence-corrected chi connectivity index (χ0v) is 11.4. The lowest BCUT2D eigenvalue weighted by Crippen LogP contribution is -2.09. The third-order valence-corrected chi connectivity index (χ3v) is 3.78. The van der Waals surface area contributed by atoms with Crippen LogP contribution in [0.4, 0.5) is 0 Å². The normalized spacial score (nSPS) is 15.3. The van der Waals surface area contributed by atoms with Crippen LogP contribution in [0.3, 0.4) is 0 Å². The molecule has 0 aromatic heterocycles. The van der Waals surface area contributed by atoms with Crippen LogP contribution in [0.15, 0.2) is 42.5 Å². The maximum Gasteiger partial charge on any atom is 0.122 e. The molecule has 3 rings (SSSR count). The first-order chi connectivity index (χ1) is 9.78. The van der Waals surface area contributed by atoms with E-state index in [2.05, 4.69) is 6.07 Å². The van der Waals surface area contributed by atoms with Gasteiger partial charge in [0, 0.05) is 6.54 Å². The monoisotopic (exact) mass is 269 g/mol. The van der Waals surface area contributed by atoms with Gasteiger partial charge >= 0.3 is 0 Å². The SMILES string of the molecule is NCc1ccc(C(O)c2ccc3c(c2)CCCO3)cc1. The summed E-state index contributed by atoms with van der Waals surface area (Å²) in [6.07, 6.45) is 1.45. The molecule has 2 aromatic rings. The van der Waals surface area contributed by atoms with Gasteiger partial charge in [-0.15, -0.1) is 0 Å². The van der Waals surface area contributed by atoms with Crippen molar-refractivity contribution < 1.29 is 9.84 Å². The van der Waals surface area contributed by atoms with Crippen LogP contribution in [0.5, 0.6) is 5.75 Å². The summed E-state index contributed by atoms with van der Waals surface area (Å²) in [5.41, 5.74) is 9.64. The Hall–Kier alpha value is -1.84. The van der Waals surface area contributed by atoms with E-state index < -0.39 is 6.10 Å². The van der Waals surface area contributed by atoms with Gasteiger partial charge in [0.2, 0.25) is 0 Å². The van der Waals surface area contributed by atoms with Crippen molar-refractivity contribution in [1.29, 1.82) is 0 Å². The second kappa shape index (κ2) is 5.65. The quantitative estimate of drug-likeness (QED) is 0.900. The topological polar surface area (TPSA) is 55.5 Å². The molecule has 0 saturated carbocycles. The second-order valence-electron chi connectivity index (χ2n) is 5.17. The van der Waals surface area contributed by atoms with Crippen molar-refractivity contribution in [2.45, 2.75) is 25.5 Å². The molecule has 1 aliphatic heterocycles. The summed E-state index contributed by atoms with van der Waals surface area (Å²) in [5.74, 6) is 0.950. The first-order valence-corrected chi connectivity index (χ1v) is 7.00. The Morgan fingerprint density at radius 3 is 2.60 bits per heavy atom. The van der Waals surface area contributed by atoms with Crippen LogP contribution < -0.4 is 10.5 Å². The van der Waals surface area contributed by atoms with Gasteiger partial charge in [-0.05, 0) is 47.2 Å². The van der Waals surface area contributed by atoms with Crippen molar-refractivity contribution in [3.05, 3.63) is 64.7 Å². The minimum atomic E-state index is -0.603. The molecule has 1 unspecified atom stereocenters. The molecule has 0 amide bonds. The molecule has 3 heteroatoms. The lowest BCUT2D eigenvalue weighted by molar-refractivity contribution is 0.219. The third kappa shape index (κ3) is 2.55. The minimum absolute atomic E-state index is 0.520. The molecule has 3 nitrogen and oxygen atoms in total. The molecule has 0 aliphatic carbocycles. The van der Waals surface area contributed by atoms with Gasteiger partial charge in [0.15, 0.2) is 0 Å². The second-order valence-corrected chi connectivity index (χ2v) is 5.17. The Morgan fingerprint density at radius 1 is 1.10 bits per heavy atom. The fourth-order valence-electron chi connectivity index (χ4n) is 2.58. The van der Waals surface area contributed by atoms with Crippen LogP contribution in [-0.2, 0) is 13.0 Å². The summed E-state index contributed by atoms with van der Waals surface area (Å²) in [7, 11) is 0. The Balaban J connectivity index is 1.87. The molecular formula is C17H19NO2. The summed E-state index contributed by atoms with van der Waals surface area (Å²) >= 11 is 0. The molecule has 0 radical (unpaired) electrons. The minimum Gasteiger partial charge on any atom is -0.493 e. The van der Waals surface area contributed by atoms with Gasteiger partial charge in [-0.25, -0.2) is 0 Å². The van der Waals surface area contributed by atoms with E-state index in [9.17, 15) is 5.11 Å². The molecule has 2 aromatic carbocycles. The van der Waals surface area contributed by atoms with E-state index in [4.69, 9.17) is 10.5 Å². The Morgan fingerprint density at radius 2 is 1.85 bits per heavy atom. The molecule has 1 heterocycles. The Labute approximate surface area is 119 Å². The van der Waals surface area contributed by atoms with Gasteiger partial charge < -0.3 is 15.6 Å². The van der Waals surface area contributed by atoms with E-state index in [-0.39, 0.29) is 0 Å². The maximum absolute atomic E-state index is 10.5. The van der Waals surface area contributed by atoms with Crippen molar-refractivity contribution in [1.82, 2.24) is 0 Å². The van der Waals surface area contributed by atoms with E-state index in [1.807, 2.05) is 36.4 Å². The number of aliphatic hydroxyl groups excluding tert-OH is 1. The van der Waals surface area contributed by atoms with E-state index in [1.54, 1.807) is 0 Å². The van der Waals surface area contributed by atoms with Crippen molar-refractivity contribution in [3.8, 4) is 5.75 Å². The lowest BCUT2D eigenvalue weighted by atomic mass is 9.96. The van der Waals surface area contributed by atoms with Crippen LogP contribution in [0.1, 0.15) is 34.8 Å². The highest BCUT2D eigenvalue weighted by molar-refractivity contribution is 5.41. The summed E-state index contributed by atoms with van der Waals surface area (Å²) in [6, 6.07) is 13.7. The number of rotatable bonds is 3. The number of nitrogens with two attached hydrogens (primary N) is 1. The van der Waals surface area contributed by atoms with E-state index >= 15 is 0 Å². The van der Waals surface area contributed by atoms with Gasteiger partial charge in [-0.2, -0.15) is 0 Å². The van der Waals surface area contributed by atoms with Crippen molar-refractivity contribution in [2.24, 2.45) is 5.73 Å². The Kier molecular flexibility index (Phi) is 3.72. The van der Waals surface area contributed by atoms with Crippen LogP contribution >= 0.6 is 0 Å². The number of benzene rings is 2. The smallest absolute Gasteiger partial charge is 0.122 e. The van der Waals surface area contributed by atoms with E-state index in [0.29, 0.717) is 6.54 Å². The van der Waals surface area contributed by atoms with Gasteiger partial charge in [0.25, 0.3) is 0 Å². The zero-order chi connectivity index (χ0) is 13.9. The molecule has 1 aliphatic rings. The molecule has 1 atom stereocenters. The number of aryl methyl sites for hydroxylation is 1. The molecule has 0 fully saturated rings. The molecule has 0 bridgehead atoms. The lowest BCUT2D eigenvalue weighted by Gasteiger charge is -2.19. The largest absolute Gasteiger partial charge is 0.493 e. The molecule has 3 N–H and O–H groups in total. The van der Waals surface area contributed by atoms with Crippen molar-refractivity contribution in [3.63, 3.8) is 0 Å². The summed E-state index contributed by atoms with van der Waals surface area (Å²) in [4.78, 5) is 0. The molecular weight excluding hydrogens is 250 g/mol.